The molecule has 0 unspecified atom stereocenters. The molecule has 1 radical (unpaired) electrons. The van der Waals surface area contributed by atoms with Crippen LogP contribution in [0.5, 0.6) is 0 Å². The van der Waals surface area contributed by atoms with Crippen molar-refractivity contribution in [2.75, 3.05) is 13.1 Å². The molecule has 0 amide bonds. The van der Waals surface area contributed by atoms with Crippen molar-refractivity contribution in [3.05, 3.63) is 0 Å². The first-order chi connectivity index (χ1) is 4.70. The zero-order valence-electron chi connectivity index (χ0n) is 6.43. The summed E-state index contributed by atoms with van der Waals surface area (Å²) in [4.78, 5) is 1.93. The highest BCUT2D eigenvalue weighted by Crippen LogP contribution is 2.13. The highest BCUT2D eigenvalue weighted by Gasteiger charge is 2.25. The molecule has 0 atom stereocenters. The fourth-order valence-corrected chi connectivity index (χ4v) is 1.25. The molecule has 0 saturated carbocycles. The number of piperidine rings is 1. The van der Waals surface area contributed by atoms with Crippen LogP contribution in [-0.4, -0.2) is 19.0 Å². The molecule has 1 heterocycles. The second kappa shape index (κ2) is 3.01. The number of likely N-dealkylation sites (tertiary alicyclic amines) is 1. The summed E-state index contributed by atoms with van der Waals surface area (Å²) in [6, 6.07) is 0. The van der Waals surface area contributed by atoms with Crippen molar-refractivity contribution in [2.24, 2.45) is 11.7 Å². The molecule has 0 aromatic heterocycles. The Morgan fingerprint density at radius 3 is 2.40 bits per heavy atom. The second-order valence-electron chi connectivity index (χ2n) is 3.05. The normalized spacial score (nSPS) is 22.9. The minimum Gasteiger partial charge on any atom is -0.334 e. The van der Waals surface area contributed by atoms with E-state index < -0.39 is 0 Å². The SMILES string of the molecule is CC1CC[N+](C(=N)N)CC1. The van der Waals surface area contributed by atoms with Gasteiger partial charge in [-0.05, 0) is 5.92 Å². The van der Waals surface area contributed by atoms with Gasteiger partial charge in [0.1, 0.15) is 13.1 Å². The van der Waals surface area contributed by atoms with E-state index in [-0.39, 0.29) is 5.96 Å². The largest absolute Gasteiger partial charge is 0.341 e. The van der Waals surface area contributed by atoms with E-state index in [0.717, 1.165) is 19.0 Å². The smallest absolute Gasteiger partial charge is 0.334 e. The number of hydrogen-bond acceptors (Lipinski definition) is 1. The Balaban J connectivity index is 2.33. The van der Waals surface area contributed by atoms with Gasteiger partial charge in [-0.2, -0.15) is 0 Å². The lowest BCUT2D eigenvalue weighted by atomic mass is 10.00. The van der Waals surface area contributed by atoms with Crippen molar-refractivity contribution in [3.63, 3.8) is 0 Å². The van der Waals surface area contributed by atoms with E-state index in [1.807, 2.05) is 4.90 Å². The maximum Gasteiger partial charge on any atom is 0.341 e. The van der Waals surface area contributed by atoms with E-state index in [2.05, 4.69) is 6.92 Å². The topological polar surface area (TPSA) is 55.8 Å². The Labute approximate surface area is 61.7 Å². The lowest BCUT2D eigenvalue weighted by Gasteiger charge is -2.19. The molecule has 0 aromatic rings. The minimum absolute atomic E-state index is 0.229. The minimum atomic E-state index is 0.229. The molecule has 0 aliphatic carbocycles. The van der Waals surface area contributed by atoms with Crippen LogP contribution in [0, 0.1) is 11.3 Å². The Morgan fingerprint density at radius 1 is 1.50 bits per heavy atom. The van der Waals surface area contributed by atoms with Crippen LogP contribution < -0.4 is 10.6 Å². The first-order valence-corrected chi connectivity index (χ1v) is 3.79. The average Bonchev–Trinajstić information content (AvgIpc) is 1.88. The Kier molecular flexibility index (Phi) is 2.27. The predicted octanol–water partition coefficient (Wildman–Crippen LogP) is 0.450. The Morgan fingerprint density at radius 2 is 2.00 bits per heavy atom. The third-order valence-electron chi connectivity index (χ3n) is 2.12. The van der Waals surface area contributed by atoms with Gasteiger partial charge in [0.15, 0.2) is 0 Å². The molecule has 1 saturated heterocycles. The van der Waals surface area contributed by atoms with Crippen LogP contribution in [0.2, 0.25) is 0 Å². The molecule has 0 bridgehead atoms. The van der Waals surface area contributed by atoms with Crippen LogP contribution >= 0.6 is 0 Å². The van der Waals surface area contributed by atoms with Gasteiger partial charge in [-0.3, -0.25) is 0 Å². The highest BCUT2D eigenvalue weighted by atomic mass is 15.2. The maximum atomic E-state index is 7.16. The molecule has 10 heavy (non-hydrogen) atoms. The number of guanidine groups is 1. The second-order valence-corrected chi connectivity index (χ2v) is 3.05. The van der Waals surface area contributed by atoms with Gasteiger partial charge >= 0.3 is 5.96 Å². The van der Waals surface area contributed by atoms with Crippen LogP contribution in [0.3, 0.4) is 0 Å². The summed E-state index contributed by atoms with van der Waals surface area (Å²) in [5.74, 6) is 1.04. The molecule has 0 spiro atoms. The first kappa shape index (κ1) is 7.54. The molecule has 1 aliphatic rings. The zero-order chi connectivity index (χ0) is 7.56. The standard InChI is InChI=1S/C7H15N3/c1-6-2-4-10(5-3-6)7(8)9/h6H,2-5H2,1H3,(H3,8,9)/q+1. The van der Waals surface area contributed by atoms with E-state index in [9.17, 15) is 0 Å². The van der Waals surface area contributed by atoms with E-state index in [0.29, 0.717) is 0 Å². The quantitative estimate of drug-likeness (QED) is 0.287. The summed E-state index contributed by atoms with van der Waals surface area (Å²) < 4.78 is 0. The van der Waals surface area contributed by atoms with E-state index in [4.69, 9.17) is 11.1 Å². The summed E-state index contributed by atoms with van der Waals surface area (Å²) in [6.07, 6.45) is 2.36. The molecular weight excluding hydrogens is 126 g/mol. The van der Waals surface area contributed by atoms with E-state index in [1.54, 1.807) is 0 Å². The number of rotatable bonds is 0. The van der Waals surface area contributed by atoms with Gasteiger partial charge in [-0.1, -0.05) is 6.92 Å². The van der Waals surface area contributed by atoms with Crippen molar-refractivity contribution in [3.8, 4) is 0 Å². The molecule has 3 heteroatoms. The van der Waals surface area contributed by atoms with Crippen molar-refractivity contribution in [1.82, 2.24) is 4.90 Å². The zero-order valence-corrected chi connectivity index (χ0v) is 6.43. The van der Waals surface area contributed by atoms with Crippen LogP contribution in [0.1, 0.15) is 19.8 Å². The maximum absolute atomic E-state index is 7.16. The van der Waals surface area contributed by atoms with Crippen LogP contribution in [0.25, 0.3) is 0 Å². The summed E-state index contributed by atoms with van der Waals surface area (Å²) in [7, 11) is 0. The lowest BCUT2D eigenvalue weighted by molar-refractivity contribution is 0.350. The van der Waals surface area contributed by atoms with Gasteiger partial charge in [0, 0.05) is 12.8 Å². The van der Waals surface area contributed by atoms with Crippen molar-refractivity contribution < 1.29 is 0 Å². The van der Waals surface area contributed by atoms with Crippen LogP contribution in [0.4, 0.5) is 0 Å². The predicted molar refractivity (Wildman–Crippen MR) is 42.2 cm³/mol. The fourth-order valence-electron chi connectivity index (χ4n) is 1.25. The summed E-state index contributed by atoms with van der Waals surface area (Å²) in [5.41, 5.74) is 5.32. The average molecular weight is 141 g/mol. The number of hydrogen-bond donors (Lipinski definition) is 2. The van der Waals surface area contributed by atoms with Gasteiger partial charge in [-0.25, -0.2) is 5.41 Å². The molecule has 1 fully saturated rings. The molecule has 1 aliphatic heterocycles. The van der Waals surface area contributed by atoms with Gasteiger partial charge in [0.25, 0.3) is 0 Å². The summed E-state index contributed by atoms with van der Waals surface area (Å²) >= 11 is 0. The third-order valence-corrected chi connectivity index (χ3v) is 2.12. The third kappa shape index (κ3) is 1.70. The number of nitrogens with zero attached hydrogens (tertiary/aromatic N) is 1. The monoisotopic (exact) mass is 141 g/mol. The van der Waals surface area contributed by atoms with Gasteiger partial charge in [-0.15, -0.1) is 4.90 Å². The van der Waals surface area contributed by atoms with Crippen LogP contribution in [-0.2, 0) is 0 Å². The summed E-state index contributed by atoms with van der Waals surface area (Å²) in [5, 5.41) is 7.16. The van der Waals surface area contributed by atoms with Crippen molar-refractivity contribution in [2.45, 2.75) is 19.8 Å². The summed E-state index contributed by atoms with van der Waals surface area (Å²) in [6.45, 7) is 4.18. The van der Waals surface area contributed by atoms with Gasteiger partial charge in [0.2, 0.25) is 0 Å². The molecule has 1 rings (SSSR count). The Hall–Kier alpha value is -0.570. The van der Waals surface area contributed by atoms with E-state index >= 15 is 0 Å². The van der Waals surface area contributed by atoms with Crippen LogP contribution in [0.15, 0.2) is 0 Å². The highest BCUT2D eigenvalue weighted by molar-refractivity contribution is 5.77. The first-order valence-electron chi connectivity index (χ1n) is 3.79. The van der Waals surface area contributed by atoms with Crippen molar-refractivity contribution >= 4 is 5.96 Å². The lowest BCUT2D eigenvalue weighted by Crippen LogP contribution is -2.46. The molecule has 3 N–H and O–H groups in total. The molecular formula is C7H15N3+. The van der Waals surface area contributed by atoms with Crippen molar-refractivity contribution in [1.29, 1.82) is 5.41 Å². The fraction of sp³-hybridized carbons (Fsp3) is 0.857. The Bertz CT molecular complexity index is 125. The van der Waals surface area contributed by atoms with E-state index in [1.165, 1.54) is 12.8 Å². The molecule has 3 nitrogen and oxygen atoms in total. The van der Waals surface area contributed by atoms with Gasteiger partial charge in [0.05, 0.1) is 0 Å². The number of nitrogens with two attached hydrogens (primary N) is 1. The molecule has 0 aromatic carbocycles. The number of nitrogens with one attached hydrogen (secondary N) is 1. The molecule has 57 valence electrons. The van der Waals surface area contributed by atoms with Gasteiger partial charge < -0.3 is 5.73 Å².